The predicted octanol–water partition coefficient (Wildman–Crippen LogP) is 3.33. The number of rotatable bonds is 7. The lowest BCUT2D eigenvalue weighted by Gasteiger charge is -2.19. The molecule has 172 valence electrons. The largest absolute Gasteiger partial charge is 0.497 e. The van der Waals surface area contributed by atoms with Gasteiger partial charge in [-0.25, -0.2) is 0 Å². The molecule has 0 aliphatic carbocycles. The molecule has 0 unspecified atom stereocenters. The molecule has 2 amide bonds. The summed E-state index contributed by atoms with van der Waals surface area (Å²) in [5.41, 5.74) is -0.000692. The minimum atomic E-state index is -4.50. The standard InChI is InChI=1S/C23H25F3N2O4/c1-31-11-10-27-21(29)20-14-28(22(30)15-6-8-18(32-2)9-7-15)13-19(20)16-4-3-5-17(12-16)23(24,25)26/h3-9,12,19-20H,10-11,13-14H2,1-2H3,(H,27,29)/t19-,20-/m0/s1. The quantitative estimate of drug-likeness (QED) is 0.658. The van der Waals surface area contributed by atoms with Crippen LogP contribution in [0.2, 0.25) is 0 Å². The summed E-state index contributed by atoms with van der Waals surface area (Å²) in [6.07, 6.45) is -4.50. The molecule has 1 saturated heterocycles. The summed E-state index contributed by atoms with van der Waals surface area (Å²) in [6.45, 7) is 0.813. The molecule has 9 heteroatoms. The zero-order valence-electron chi connectivity index (χ0n) is 17.8. The van der Waals surface area contributed by atoms with Crippen LogP contribution in [0.3, 0.4) is 0 Å². The molecule has 1 aliphatic rings. The molecule has 1 aliphatic heterocycles. The first kappa shape index (κ1) is 23.6. The second kappa shape index (κ2) is 10.0. The Hall–Kier alpha value is -3.07. The third-order valence-electron chi connectivity index (χ3n) is 5.53. The molecular weight excluding hydrogens is 425 g/mol. The van der Waals surface area contributed by atoms with Crippen molar-refractivity contribution in [3.8, 4) is 5.75 Å². The maximum absolute atomic E-state index is 13.2. The van der Waals surface area contributed by atoms with Crippen LogP contribution >= 0.6 is 0 Å². The number of nitrogens with zero attached hydrogens (tertiary/aromatic N) is 1. The molecule has 0 bridgehead atoms. The van der Waals surface area contributed by atoms with Crippen molar-refractivity contribution in [2.24, 2.45) is 5.92 Å². The summed E-state index contributed by atoms with van der Waals surface area (Å²) in [6, 6.07) is 11.5. The first-order valence-electron chi connectivity index (χ1n) is 10.1. The molecule has 6 nitrogen and oxygen atoms in total. The molecule has 0 spiro atoms. The normalized spacial score (nSPS) is 18.5. The van der Waals surface area contributed by atoms with Gasteiger partial charge < -0.3 is 19.7 Å². The summed E-state index contributed by atoms with van der Waals surface area (Å²) >= 11 is 0. The van der Waals surface area contributed by atoms with Crippen LogP contribution in [-0.4, -0.2) is 57.2 Å². The van der Waals surface area contributed by atoms with Crippen LogP contribution < -0.4 is 10.1 Å². The van der Waals surface area contributed by atoms with Crippen molar-refractivity contribution in [2.45, 2.75) is 12.1 Å². The van der Waals surface area contributed by atoms with E-state index in [2.05, 4.69) is 5.32 Å². The number of hydrogen-bond acceptors (Lipinski definition) is 4. The molecule has 1 N–H and O–H groups in total. The van der Waals surface area contributed by atoms with Crippen LogP contribution in [0.5, 0.6) is 5.75 Å². The summed E-state index contributed by atoms with van der Waals surface area (Å²) < 4.78 is 49.8. The zero-order valence-corrected chi connectivity index (χ0v) is 17.8. The van der Waals surface area contributed by atoms with Crippen molar-refractivity contribution in [1.82, 2.24) is 10.2 Å². The van der Waals surface area contributed by atoms with Gasteiger partial charge in [0.1, 0.15) is 5.75 Å². The van der Waals surface area contributed by atoms with Crippen LogP contribution in [0, 0.1) is 5.92 Å². The molecule has 1 heterocycles. The van der Waals surface area contributed by atoms with E-state index in [0.29, 0.717) is 23.5 Å². The van der Waals surface area contributed by atoms with Crippen LogP contribution in [0.1, 0.15) is 27.4 Å². The molecule has 1 fully saturated rings. The average Bonchev–Trinajstić information content (AvgIpc) is 3.24. The van der Waals surface area contributed by atoms with E-state index in [0.717, 1.165) is 12.1 Å². The van der Waals surface area contributed by atoms with Crippen molar-refractivity contribution < 1.29 is 32.2 Å². The number of amides is 2. The fraction of sp³-hybridized carbons (Fsp3) is 0.391. The second-order valence-electron chi connectivity index (χ2n) is 7.56. The van der Waals surface area contributed by atoms with Crippen molar-refractivity contribution >= 4 is 11.8 Å². The van der Waals surface area contributed by atoms with Gasteiger partial charge >= 0.3 is 6.18 Å². The minimum absolute atomic E-state index is 0.102. The average molecular weight is 450 g/mol. The Bertz CT molecular complexity index is 947. The minimum Gasteiger partial charge on any atom is -0.497 e. The maximum atomic E-state index is 13.2. The van der Waals surface area contributed by atoms with E-state index in [1.807, 2.05) is 0 Å². The van der Waals surface area contributed by atoms with Crippen LogP contribution in [-0.2, 0) is 15.7 Å². The molecule has 32 heavy (non-hydrogen) atoms. The topological polar surface area (TPSA) is 67.9 Å². The lowest BCUT2D eigenvalue weighted by Crippen LogP contribution is -2.37. The third kappa shape index (κ3) is 5.40. The number of benzene rings is 2. The van der Waals surface area contributed by atoms with Crippen molar-refractivity contribution in [1.29, 1.82) is 0 Å². The SMILES string of the molecule is COCCNC(=O)[C@H]1CN(C(=O)c2ccc(OC)cc2)C[C@H]1c1cccc(C(F)(F)F)c1. The van der Waals surface area contributed by atoms with Crippen LogP contribution in [0.15, 0.2) is 48.5 Å². The molecular formula is C23H25F3N2O4. The lowest BCUT2D eigenvalue weighted by molar-refractivity contribution is -0.137. The van der Waals surface area contributed by atoms with E-state index >= 15 is 0 Å². The number of likely N-dealkylation sites (tertiary alicyclic amines) is 1. The molecule has 0 radical (unpaired) electrons. The lowest BCUT2D eigenvalue weighted by atomic mass is 9.87. The van der Waals surface area contributed by atoms with Gasteiger partial charge in [-0.05, 0) is 35.9 Å². The highest BCUT2D eigenvalue weighted by molar-refractivity contribution is 5.95. The molecule has 3 rings (SSSR count). The van der Waals surface area contributed by atoms with Crippen LogP contribution in [0.4, 0.5) is 13.2 Å². The van der Waals surface area contributed by atoms with Crippen molar-refractivity contribution in [3.63, 3.8) is 0 Å². The van der Waals surface area contributed by atoms with Gasteiger partial charge in [0.2, 0.25) is 5.91 Å². The Morgan fingerprint density at radius 1 is 1.09 bits per heavy atom. The van der Waals surface area contributed by atoms with Gasteiger partial charge in [-0.15, -0.1) is 0 Å². The molecule has 0 aromatic heterocycles. The highest BCUT2D eigenvalue weighted by Crippen LogP contribution is 2.37. The molecule has 0 saturated carbocycles. The number of carbonyl (C=O) groups excluding carboxylic acids is 2. The van der Waals surface area contributed by atoms with Gasteiger partial charge in [0.15, 0.2) is 0 Å². The van der Waals surface area contributed by atoms with E-state index < -0.39 is 23.6 Å². The van der Waals surface area contributed by atoms with Gasteiger partial charge in [0.05, 0.1) is 25.2 Å². The fourth-order valence-electron chi connectivity index (χ4n) is 3.84. The van der Waals surface area contributed by atoms with E-state index in [-0.39, 0.29) is 31.4 Å². The van der Waals surface area contributed by atoms with Crippen molar-refractivity contribution in [2.75, 3.05) is 40.5 Å². The van der Waals surface area contributed by atoms with Gasteiger partial charge in [0.25, 0.3) is 5.91 Å². The number of carbonyl (C=O) groups is 2. The molecule has 2 aromatic carbocycles. The van der Waals surface area contributed by atoms with Gasteiger partial charge in [-0.2, -0.15) is 13.2 Å². The van der Waals surface area contributed by atoms with Crippen molar-refractivity contribution in [3.05, 3.63) is 65.2 Å². The summed E-state index contributed by atoms with van der Waals surface area (Å²) in [7, 11) is 3.02. The molecule has 2 atom stereocenters. The third-order valence-corrected chi connectivity index (χ3v) is 5.53. The van der Waals surface area contributed by atoms with E-state index in [4.69, 9.17) is 9.47 Å². The van der Waals surface area contributed by atoms with Crippen LogP contribution in [0.25, 0.3) is 0 Å². The van der Waals surface area contributed by atoms with E-state index in [9.17, 15) is 22.8 Å². The summed E-state index contributed by atoms with van der Waals surface area (Å²) in [4.78, 5) is 27.4. The maximum Gasteiger partial charge on any atom is 0.416 e. The Morgan fingerprint density at radius 3 is 2.44 bits per heavy atom. The Balaban J connectivity index is 1.87. The smallest absolute Gasteiger partial charge is 0.416 e. The monoisotopic (exact) mass is 450 g/mol. The number of hydrogen-bond donors (Lipinski definition) is 1. The van der Waals surface area contributed by atoms with Gasteiger partial charge in [-0.1, -0.05) is 18.2 Å². The fourth-order valence-corrected chi connectivity index (χ4v) is 3.84. The number of alkyl halides is 3. The van der Waals surface area contributed by atoms with E-state index in [1.165, 1.54) is 25.2 Å². The highest BCUT2D eigenvalue weighted by atomic mass is 19.4. The first-order valence-corrected chi connectivity index (χ1v) is 10.1. The van der Waals surface area contributed by atoms with E-state index in [1.54, 1.807) is 30.3 Å². The Kier molecular flexibility index (Phi) is 7.40. The van der Waals surface area contributed by atoms with Gasteiger partial charge in [-0.3, -0.25) is 9.59 Å². The zero-order chi connectivity index (χ0) is 23.3. The Labute approximate surface area is 184 Å². The molecule has 2 aromatic rings. The number of halogens is 3. The number of methoxy groups -OCH3 is 2. The second-order valence-corrected chi connectivity index (χ2v) is 7.56. The predicted molar refractivity (Wildman–Crippen MR) is 111 cm³/mol. The number of nitrogens with one attached hydrogen (secondary N) is 1. The number of ether oxygens (including phenoxy) is 2. The Morgan fingerprint density at radius 2 is 1.81 bits per heavy atom. The summed E-state index contributed by atoms with van der Waals surface area (Å²) in [5.74, 6) is -1.27. The highest BCUT2D eigenvalue weighted by Gasteiger charge is 2.41. The first-order chi connectivity index (χ1) is 15.2. The summed E-state index contributed by atoms with van der Waals surface area (Å²) in [5, 5.41) is 2.74. The van der Waals surface area contributed by atoms with Gasteiger partial charge in [0, 0.05) is 38.2 Å².